The van der Waals surface area contributed by atoms with Crippen LogP contribution in [-0.2, 0) is 0 Å². The first-order chi connectivity index (χ1) is 12.6. The summed E-state index contributed by atoms with van der Waals surface area (Å²) >= 11 is 0. The van der Waals surface area contributed by atoms with Crippen LogP contribution in [0, 0.1) is 0 Å². The summed E-state index contributed by atoms with van der Waals surface area (Å²) < 4.78 is 5.27. The van der Waals surface area contributed by atoms with Gasteiger partial charge in [-0.15, -0.1) is 0 Å². The molecule has 2 aromatic carbocycles. The lowest BCUT2D eigenvalue weighted by molar-refractivity contribution is 0.0747. The second-order valence-corrected chi connectivity index (χ2v) is 6.05. The minimum Gasteiger partial charge on any atom is -0.497 e. The van der Waals surface area contributed by atoms with Gasteiger partial charge < -0.3 is 25.6 Å². The van der Waals surface area contributed by atoms with Crippen molar-refractivity contribution in [3.63, 3.8) is 0 Å². The van der Waals surface area contributed by atoms with Gasteiger partial charge in [-0.1, -0.05) is 6.07 Å². The molecule has 3 amide bonds. The summed E-state index contributed by atoms with van der Waals surface area (Å²) in [4.78, 5) is 27.6. The first-order valence-electron chi connectivity index (χ1n) is 8.41. The highest BCUT2D eigenvalue weighted by Gasteiger charge is 2.22. The molecule has 26 heavy (non-hydrogen) atoms. The van der Waals surface area contributed by atoms with Crippen molar-refractivity contribution in [1.29, 1.82) is 0 Å². The van der Waals surface area contributed by atoms with Crippen molar-refractivity contribution >= 4 is 23.3 Å². The van der Waals surface area contributed by atoms with E-state index in [2.05, 4.69) is 10.2 Å². The second kappa shape index (κ2) is 7.77. The molecule has 1 fully saturated rings. The molecule has 0 saturated carbocycles. The highest BCUT2D eigenvalue weighted by atomic mass is 16.5. The van der Waals surface area contributed by atoms with Gasteiger partial charge >= 0.3 is 6.03 Å². The van der Waals surface area contributed by atoms with Crippen LogP contribution >= 0.6 is 0 Å². The number of piperazine rings is 1. The number of nitrogens with one attached hydrogen (secondary N) is 1. The van der Waals surface area contributed by atoms with Crippen LogP contribution in [0.1, 0.15) is 10.4 Å². The minimum atomic E-state index is -0.627. The van der Waals surface area contributed by atoms with Gasteiger partial charge in [0.25, 0.3) is 5.91 Å². The zero-order valence-electron chi connectivity index (χ0n) is 14.6. The summed E-state index contributed by atoms with van der Waals surface area (Å²) in [6.07, 6.45) is 0. The zero-order valence-corrected chi connectivity index (χ0v) is 14.6. The number of carbonyl (C=O) groups is 2. The van der Waals surface area contributed by atoms with Crippen LogP contribution in [0.2, 0.25) is 0 Å². The number of rotatable bonds is 4. The SMILES string of the molecule is COc1cccc(N2CCN(C(=O)c3ccc(NC(N)=O)cc3)CC2)c1. The smallest absolute Gasteiger partial charge is 0.316 e. The summed E-state index contributed by atoms with van der Waals surface area (Å²) in [5, 5.41) is 2.48. The normalized spacial score (nSPS) is 14.0. The molecule has 0 unspecified atom stereocenters. The predicted molar refractivity (Wildman–Crippen MR) is 101 cm³/mol. The van der Waals surface area contributed by atoms with Crippen LogP contribution in [0.5, 0.6) is 5.75 Å². The number of amides is 3. The fourth-order valence-corrected chi connectivity index (χ4v) is 3.00. The Morgan fingerprint density at radius 1 is 1.04 bits per heavy atom. The van der Waals surface area contributed by atoms with E-state index >= 15 is 0 Å². The average Bonchev–Trinajstić information content (AvgIpc) is 2.68. The van der Waals surface area contributed by atoms with Crippen LogP contribution in [0.4, 0.5) is 16.2 Å². The van der Waals surface area contributed by atoms with Crippen molar-refractivity contribution in [2.75, 3.05) is 43.5 Å². The van der Waals surface area contributed by atoms with Crippen molar-refractivity contribution in [3.8, 4) is 5.75 Å². The fourth-order valence-electron chi connectivity index (χ4n) is 3.00. The highest BCUT2D eigenvalue weighted by Crippen LogP contribution is 2.22. The van der Waals surface area contributed by atoms with Crippen molar-refractivity contribution in [2.45, 2.75) is 0 Å². The van der Waals surface area contributed by atoms with E-state index in [9.17, 15) is 9.59 Å². The lowest BCUT2D eigenvalue weighted by Crippen LogP contribution is -2.48. The molecule has 0 atom stereocenters. The fraction of sp³-hybridized carbons (Fsp3) is 0.263. The maximum Gasteiger partial charge on any atom is 0.316 e. The first kappa shape index (κ1) is 17.6. The van der Waals surface area contributed by atoms with E-state index in [-0.39, 0.29) is 5.91 Å². The Labute approximate surface area is 152 Å². The number of nitrogens with two attached hydrogens (primary N) is 1. The summed E-state index contributed by atoms with van der Waals surface area (Å²) in [6.45, 7) is 2.83. The zero-order chi connectivity index (χ0) is 18.5. The minimum absolute atomic E-state index is 0.0130. The van der Waals surface area contributed by atoms with E-state index in [1.54, 1.807) is 31.4 Å². The first-order valence-corrected chi connectivity index (χ1v) is 8.41. The van der Waals surface area contributed by atoms with Crippen LogP contribution in [-0.4, -0.2) is 50.1 Å². The molecule has 0 radical (unpaired) electrons. The number of hydrogen-bond donors (Lipinski definition) is 2. The van der Waals surface area contributed by atoms with Gasteiger partial charge in [-0.25, -0.2) is 4.79 Å². The standard InChI is InChI=1S/C19H22N4O3/c1-26-17-4-2-3-16(13-17)22-9-11-23(12-10-22)18(24)14-5-7-15(8-6-14)21-19(20)25/h2-8,13H,9-12H2,1H3,(H3,20,21,25). The molecule has 1 aliphatic heterocycles. The third kappa shape index (κ3) is 4.05. The Bertz CT molecular complexity index is 784. The van der Waals surface area contributed by atoms with E-state index in [0.29, 0.717) is 24.3 Å². The van der Waals surface area contributed by atoms with Gasteiger partial charge in [0.15, 0.2) is 0 Å². The molecule has 1 aliphatic rings. The lowest BCUT2D eigenvalue weighted by Gasteiger charge is -2.36. The van der Waals surface area contributed by atoms with Gasteiger partial charge in [0.05, 0.1) is 7.11 Å². The summed E-state index contributed by atoms with van der Waals surface area (Å²) in [5.41, 5.74) is 7.34. The molecule has 3 rings (SSSR count). The molecule has 1 heterocycles. The number of benzene rings is 2. The Kier molecular flexibility index (Phi) is 5.26. The average molecular weight is 354 g/mol. The van der Waals surface area contributed by atoms with Crippen LogP contribution in [0.3, 0.4) is 0 Å². The molecule has 0 spiro atoms. The number of ether oxygens (including phenoxy) is 1. The van der Waals surface area contributed by atoms with Crippen molar-refractivity contribution in [1.82, 2.24) is 4.90 Å². The van der Waals surface area contributed by atoms with Crippen molar-refractivity contribution < 1.29 is 14.3 Å². The summed E-state index contributed by atoms with van der Waals surface area (Å²) in [7, 11) is 1.65. The molecule has 7 nitrogen and oxygen atoms in total. The number of carbonyl (C=O) groups excluding carboxylic acids is 2. The lowest BCUT2D eigenvalue weighted by atomic mass is 10.1. The molecule has 1 saturated heterocycles. The molecular weight excluding hydrogens is 332 g/mol. The van der Waals surface area contributed by atoms with E-state index < -0.39 is 6.03 Å². The Morgan fingerprint density at radius 3 is 2.35 bits per heavy atom. The molecule has 0 aromatic heterocycles. The van der Waals surface area contributed by atoms with Crippen molar-refractivity contribution in [3.05, 3.63) is 54.1 Å². The largest absolute Gasteiger partial charge is 0.497 e. The molecule has 7 heteroatoms. The molecule has 136 valence electrons. The van der Waals surface area contributed by atoms with Crippen LogP contribution < -0.4 is 20.7 Å². The van der Waals surface area contributed by atoms with Gasteiger partial charge in [0.2, 0.25) is 0 Å². The van der Waals surface area contributed by atoms with E-state index in [1.165, 1.54) is 0 Å². The molecule has 2 aromatic rings. The van der Waals surface area contributed by atoms with Crippen LogP contribution in [0.15, 0.2) is 48.5 Å². The van der Waals surface area contributed by atoms with Crippen molar-refractivity contribution in [2.24, 2.45) is 5.73 Å². The number of anilines is 2. The Balaban J connectivity index is 1.60. The van der Waals surface area contributed by atoms with Gasteiger partial charge in [-0.2, -0.15) is 0 Å². The highest BCUT2D eigenvalue weighted by molar-refractivity contribution is 5.95. The topological polar surface area (TPSA) is 87.9 Å². The molecular formula is C19H22N4O3. The number of nitrogens with zero attached hydrogens (tertiary/aromatic N) is 2. The van der Waals surface area contributed by atoms with Gasteiger partial charge in [-0.05, 0) is 36.4 Å². The molecule has 3 N–H and O–H groups in total. The van der Waals surface area contributed by atoms with E-state index in [1.807, 2.05) is 29.2 Å². The van der Waals surface area contributed by atoms with E-state index in [4.69, 9.17) is 10.5 Å². The van der Waals surface area contributed by atoms with E-state index in [0.717, 1.165) is 24.5 Å². The van der Waals surface area contributed by atoms with Gasteiger partial charge in [0.1, 0.15) is 5.75 Å². The maximum absolute atomic E-state index is 12.7. The molecule has 0 bridgehead atoms. The quantitative estimate of drug-likeness (QED) is 0.881. The second-order valence-electron chi connectivity index (χ2n) is 6.05. The van der Waals surface area contributed by atoms with Crippen LogP contribution in [0.25, 0.3) is 0 Å². The summed E-state index contributed by atoms with van der Waals surface area (Å²) in [6, 6.07) is 14.0. The number of primary amides is 1. The monoisotopic (exact) mass is 354 g/mol. The number of methoxy groups -OCH3 is 1. The Hall–Kier alpha value is -3.22. The predicted octanol–water partition coefficient (Wildman–Crippen LogP) is 2.15. The maximum atomic E-state index is 12.7. The molecule has 0 aliphatic carbocycles. The van der Waals surface area contributed by atoms with Gasteiger partial charge in [-0.3, -0.25) is 4.79 Å². The number of hydrogen-bond acceptors (Lipinski definition) is 4. The van der Waals surface area contributed by atoms with Gasteiger partial charge in [0, 0.05) is 49.2 Å². The third-order valence-corrected chi connectivity index (χ3v) is 4.38. The Morgan fingerprint density at radius 2 is 1.73 bits per heavy atom. The number of urea groups is 1. The third-order valence-electron chi connectivity index (χ3n) is 4.38. The summed E-state index contributed by atoms with van der Waals surface area (Å²) in [5.74, 6) is 0.812.